The van der Waals surface area contributed by atoms with Crippen LogP contribution < -0.4 is 15.9 Å². The molecular weight excluding hydrogens is 245 g/mol. The van der Waals surface area contributed by atoms with Crippen molar-refractivity contribution in [2.75, 3.05) is 30.9 Å². The van der Waals surface area contributed by atoms with Gasteiger partial charge < -0.3 is 15.9 Å². The zero-order valence-corrected chi connectivity index (χ0v) is 11.4. The van der Waals surface area contributed by atoms with Crippen molar-refractivity contribution in [1.29, 1.82) is 0 Å². The summed E-state index contributed by atoms with van der Waals surface area (Å²) in [5.41, 5.74) is 10.2. The number of rotatable bonds is 5. The number of hydrogen-bond donors (Lipinski definition) is 2. The third kappa shape index (κ3) is 3.73. The molecule has 0 spiro atoms. The average molecular weight is 267 g/mol. The van der Waals surface area contributed by atoms with Gasteiger partial charge in [0.15, 0.2) is 11.6 Å². The average Bonchev–Trinajstić information content (AvgIpc) is 2.42. The second-order valence-electron chi connectivity index (χ2n) is 4.88. The Morgan fingerprint density at radius 1 is 1.32 bits per heavy atom. The first kappa shape index (κ1) is 13.9. The molecule has 2 rings (SSSR count). The maximum atomic E-state index is 13.7. The van der Waals surface area contributed by atoms with E-state index in [1.54, 1.807) is 6.07 Å². The lowest BCUT2D eigenvalue weighted by Crippen LogP contribution is -2.35. The quantitative estimate of drug-likeness (QED) is 0.805. The lowest BCUT2D eigenvalue weighted by atomic mass is 10.2. The van der Waals surface area contributed by atoms with Gasteiger partial charge >= 0.3 is 0 Å². The van der Waals surface area contributed by atoms with Gasteiger partial charge in [0.05, 0.1) is 18.0 Å². The first-order valence-electron chi connectivity index (χ1n) is 6.94. The lowest BCUT2D eigenvalue weighted by molar-refractivity contribution is 0.272. The van der Waals surface area contributed by atoms with Crippen molar-refractivity contribution < 1.29 is 9.13 Å². The highest BCUT2D eigenvalue weighted by Gasteiger charge is 2.14. The summed E-state index contributed by atoms with van der Waals surface area (Å²) in [7, 11) is 0. The molecule has 0 aliphatic carbocycles. The van der Waals surface area contributed by atoms with Crippen molar-refractivity contribution >= 4 is 11.4 Å². The van der Waals surface area contributed by atoms with Gasteiger partial charge in [0.2, 0.25) is 0 Å². The van der Waals surface area contributed by atoms with Crippen molar-refractivity contribution in [1.82, 2.24) is 5.01 Å². The van der Waals surface area contributed by atoms with Gasteiger partial charge in [-0.25, -0.2) is 9.40 Å². The number of piperidine rings is 1. The zero-order valence-electron chi connectivity index (χ0n) is 11.4. The number of hydrazine groups is 1. The van der Waals surface area contributed by atoms with Crippen molar-refractivity contribution in [3.8, 4) is 5.75 Å². The fraction of sp³-hybridized carbons (Fsp3) is 0.571. The van der Waals surface area contributed by atoms with Crippen molar-refractivity contribution in [2.45, 2.75) is 32.6 Å². The summed E-state index contributed by atoms with van der Waals surface area (Å²) in [4.78, 5) is 0. The van der Waals surface area contributed by atoms with E-state index in [9.17, 15) is 4.39 Å². The van der Waals surface area contributed by atoms with Gasteiger partial charge in [-0.1, -0.05) is 13.3 Å². The van der Waals surface area contributed by atoms with Crippen molar-refractivity contribution in [2.24, 2.45) is 0 Å². The number of nitrogens with one attached hydrogen (secondary N) is 1. The number of benzene rings is 1. The van der Waals surface area contributed by atoms with Crippen LogP contribution in [0.15, 0.2) is 12.1 Å². The van der Waals surface area contributed by atoms with Crippen LogP contribution in [0.2, 0.25) is 0 Å². The summed E-state index contributed by atoms with van der Waals surface area (Å²) in [6.45, 7) is 4.47. The maximum absolute atomic E-state index is 13.7. The predicted octanol–water partition coefficient (Wildman–Crippen LogP) is 3.01. The molecule has 1 saturated heterocycles. The zero-order chi connectivity index (χ0) is 13.7. The molecule has 1 aliphatic heterocycles. The number of halogens is 1. The molecule has 0 amide bonds. The molecule has 0 atom stereocenters. The number of nitrogens with two attached hydrogens (primary N) is 1. The Kier molecular flexibility index (Phi) is 4.85. The normalized spacial score (nSPS) is 16.3. The summed E-state index contributed by atoms with van der Waals surface area (Å²) in [6, 6.07) is 2.96. The molecule has 3 N–H and O–H groups in total. The van der Waals surface area contributed by atoms with E-state index in [1.807, 2.05) is 6.92 Å². The molecular formula is C14H22FN3O. The molecule has 0 radical (unpaired) electrons. The smallest absolute Gasteiger partial charge is 0.167 e. The Balaban J connectivity index is 2.09. The number of anilines is 2. The molecule has 19 heavy (non-hydrogen) atoms. The van der Waals surface area contributed by atoms with Gasteiger partial charge in [-0.2, -0.15) is 0 Å². The van der Waals surface area contributed by atoms with Gasteiger partial charge in [-0.15, -0.1) is 0 Å². The third-order valence-electron chi connectivity index (χ3n) is 3.20. The predicted molar refractivity (Wildman–Crippen MR) is 75.6 cm³/mol. The SMILES string of the molecule is CCCOc1cc(NN2CCCCC2)c(N)cc1F. The molecule has 1 heterocycles. The van der Waals surface area contributed by atoms with Gasteiger partial charge in [0.1, 0.15) is 0 Å². The molecule has 1 aromatic carbocycles. The minimum absolute atomic E-state index is 0.260. The second kappa shape index (κ2) is 6.61. The fourth-order valence-electron chi connectivity index (χ4n) is 2.16. The topological polar surface area (TPSA) is 50.5 Å². The Morgan fingerprint density at radius 2 is 2.05 bits per heavy atom. The molecule has 0 unspecified atom stereocenters. The molecule has 0 saturated carbocycles. The molecule has 0 bridgehead atoms. The van der Waals surface area contributed by atoms with Crippen LogP contribution in [0.3, 0.4) is 0 Å². The highest BCUT2D eigenvalue weighted by molar-refractivity contribution is 5.68. The van der Waals surface area contributed by atoms with E-state index in [4.69, 9.17) is 10.5 Å². The van der Waals surface area contributed by atoms with Crippen molar-refractivity contribution in [3.05, 3.63) is 17.9 Å². The van der Waals surface area contributed by atoms with Crippen LogP contribution in [0.4, 0.5) is 15.8 Å². The van der Waals surface area contributed by atoms with Gasteiger partial charge in [0, 0.05) is 25.2 Å². The number of nitrogens with zero attached hydrogens (tertiary/aromatic N) is 1. The molecule has 1 fully saturated rings. The Labute approximate surface area is 113 Å². The highest BCUT2D eigenvalue weighted by Crippen LogP contribution is 2.29. The van der Waals surface area contributed by atoms with Crippen LogP contribution >= 0.6 is 0 Å². The number of nitrogen functional groups attached to an aromatic ring is 1. The molecule has 5 heteroatoms. The Bertz CT molecular complexity index is 419. The number of ether oxygens (including phenoxy) is 1. The third-order valence-corrected chi connectivity index (χ3v) is 3.20. The minimum atomic E-state index is -0.407. The van der Waals surface area contributed by atoms with E-state index in [-0.39, 0.29) is 5.75 Å². The minimum Gasteiger partial charge on any atom is -0.490 e. The Hall–Kier alpha value is -1.49. The summed E-state index contributed by atoms with van der Waals surface area (Å²) in [5, 5.41) is 2.12. The van der Waals surface area contributed by atoms with Crippen LogP contribution in [0, 0.1) is 5.82 Å². The summed E-state index contributed by atoms with van der Waals surface area (Å²) < 4.78 is 19.1. The van der Waals surface area contributed by atoms with E-state index in [2.05, 4.69) is 10.4 Å². The van der Waals surface area contributed by atoms with Gasteiger partial charge in [0.25, 0.3) is 0 Å². The molecule has 4 nitrogen and oxygen atoms in total. The van der Waals surface area contributed by atoms with E-state index < -0.39 is 5.82 Å². The lowest BCUT2D eigenvalue weighted by Gasteiger charge is -2.28. The largest absolute Gasteiger partial charge is 0.490 e. The summed E-state index contributed by atoms with van der Waals surface area (Å²) >= 11 is 0. The molecule has 1 aliphatic rings. The Morgan fingerprint density at radius 3 is 2.74 bits per heavy atom. The monoisotopic (exact) mass is 267 g/mol. The summed E-state index contributed by atoms with van der Waals surface area (Å²) in [5.74, 6) is -0.147. The molecule has 106 valence electrons. The first-order chi connectivity index (χ1) is 9.20. The maximum Gasteiger partial charge on any atom is 0.167 e. The van der Waals surface area contributed by atoms with E-state index >= 15 is 0 Å². The second-order valence-corrected chi connectivity index (χ2v) is 4.88. The highest BCUT2D eigenvalue weighted by atomic mass is 19.1. The van der Waals surface area contributed by atoms with Gasteiger partial charge in [-0.05, 0) is 19.3 Å². The number of hydrogen-bond acceptors (Lipinski definition) is 4. The summed E-state index contributed by atoms with van der Waals surface area (Å²) in [6.07, 6.45) is 4.46. The fourth-order valence-corrected chi connectivity index (χ4v) is 2.16. The van der Waals surface area contributed by atoms with E-state index in [0.717, 1.165) is 25.2 Å². The van der Waals surface area contributed by atoms with Crippen LogP contribution in [0.25, 0.3) is 0 Å². The van der Waals surface area contributed by atoms with Crippen LogP contribution in [-0.2, 0) is 0 Å². The van der Waals surface area contributed by atoms with Crippen molar-refractivity contribution in [3.63, 3.8) is 0 Å². The van der Waals surface area contributed by atoms with Gasteiger partial charge in [-0.3, -0.25) is 0 Å². The van der Waals surface area contributed by atoms with E-state index in [1.165, 1.54) is 25.3 Å². The molecule has 0 aromatic heterocycles. The van der Waals surface area contributed by atoms with Crippen LogP contribution in [0.1, 0.15) is 32.6 Å². The van der Waals surface area contributed by atoms with E-state index in [0.29, 0.717) is 12.3 Å². The van der Waals surface area contributed by atoms with Crippen LogP contribution in [-0.4, -0.2) is 24.7 Å². The van der Waals surface area contributed by atoms with Crippen LogP contribution in [0.5, 0.6) is 5.75 Å². The first-order valence-corrected chi connectivity index (χ1v) is 6.94. The molecule has 1 aromatic rings. The standard InChI is InChI=1S/C14H22FN3O/c1-2-8-19-14-10-13(12(16)9-11(14)15)17-18-6-4-3-5-7-18/h9-10,17H,2-8,16H2,1H3.